The van der Waals surface area contributed by atoms with Crippen LogP contribution in [0, 0.1) is 0 Å². The minimum Gasteiger partial charge on any atom is -0.386 e. The van der Waals surface area contributed by atoms with E-state index in [0.717, 1.165) is 0 Å². The largest absolute Gasteiger partial charge is 0.386 e. The highest BCUT2D eigenvalue weighted by Gasteiger charge is 2.29. The molecule has 0 aromatic carbocycles. The molecule has 2 unspecified atom stereocenters. The molecule has 0 saturated carbocycles. The molecule has 1 amide bonds. The molecule has 20 heavy (non-hydrogen) atoms. The van der Waals surface area contributed by atoms with Crippen LogP contribution in [0.25, 0.3) is 0 Å². The van der Waals surface area contributed by atoms with Crippen LogP contribution in [0.1, 0.15) is 11.7 Å². The fourth-order valence-corrected chi connectivity index (χ4v) is 1.89. The van der Waals surface area contributed by atoms with Crippen molar-refractivity contribution in [1.82, 2.24) is 9.88 Å². The molecular weight excluding hydrogens is 305 g/mol. The summed E-state index contributed by atoms with van der Waals surface area (Å²) >= 11 is 0. The van der Waals surface area contributed by atoms with Crippen LogP contribution in [0.2, 0.25) is 0 Å². The lowest BCUT2D eigenvalue weighted by Gasteiger charge is -2.30. The number of halogens is 2. The lowest BCUT2D eigenvalue weighted by molar-refractivity contribution is -0.139. The molecule has 1 saturated heterocycles. The number of ether oxygens (including phenoxy) is 1. The smallest absolute Gasteiger partial charge is 0.242 e. The number of nitrogens with zero attached hydrogens (tertiary/aromatic N) is 2. The molecule has 1 aliphatic rings. The lowest BCUT2D eigenvalue weighted by atomic mass is 10.0. The zero-order chi connectivity index (χ0) is 13.0. The third-order valence-corrected chi connectivity index (χ3v) is 2.97. The van der Waals surface area contributed by atoms with E-state index in [4.69, 9.17) is 10.5 Å². The molecule has 1 aromatic heterocycles. The summed E-state index contributed by atoms with van der Waals surface area (Å²) in [5.74, 6) is -0.255. The summed E-state index contributed by atoms with van der Waals surface area (Å²) in [7, 11) is 0. The van der Waals surface area contributed by atoms with Gasteiger partial charge in [0.1, 0.15) is 12.1 Å². The first-order valence-electron chi connectivity index (χ1n) is 5.90. The normalized spacial score (nSPS) is 17.4. The zero-order valence-corrected chi connectivity index (χ0v) is 12.5. The quantitative estimate of drug-likeness (QED) is 0.826. The van der Waals surface area contributed by atoms with E-state index in [-0.39, 0.29) is 30.7 Å². The Balaban J connectivity index is 0.00000180. The lowest BCUT2D eigenvalue weighted by Crippen LogP contribution is -2.50. The topological polar surface area (TPSA) is 88.7 Å². The summed E-state index contributed by atoms with van der Waals surface area (Å²) in [6.45, 7) is 2.07. The average molecular weight is 324 g/mol. The van der Waals surface area contributed by atoms with E-state index >= 15 is 0 Å². The average Bonchev–Trinajstić information content (AvgIpc) is 2.47. The van der Waals surface area contributed by atoms with E-state index in [9.17, 15) is 9.90 Å². The van der Waals surface area contributed by atoms with Crippen LogP contribution in [-0.4, -0.2) is 53.2 Å². The molecular formula is C12H19Cl2N3O3. The van der Waals surface area contributed by atoms with Crippen molar-refractivity contribution in [3.63, 3.8) is 0 Å². The number of amides is 1. The van der Waals surface area contributed by atoms with Crippen LogP contribution in [0.5, 0.6) is 0 Å². The number of aliphatic hydroxyl groups excluding tert-OH is 1. The Kier molecular flexibility index (Phi) is 8.68. The SMILES string of the molecule is Cl.Cl.NC(C(=O)N1CCOCC1)C(O)c1cccnc1. The van der Waals surface area contributed by atoms with Crippen molar-refractivity contribution in [3.05, 3.63) is 30.1 Å². The van der Waals surface area contributed by atoms with E-state index in [2.05, 4.69) is 4.98 Å². The fraction of sp³-hybridized carbons (Fsp3) is 0.500. The Morgan fingerprint density at radius 3 is 2.60 bits per heavy atom. The summed E-state index contributed by atoms with van der Waals surface area (Å²) < 4.78 is 5.17. The van der Waals surface area contributed by atoms with E-state index in [1.54, 1.807) is 23.2 Å². The van der Waals surface area contributed by atoms with Gasteiger partial charge in [-0.15, -0.1) is 24.8 Å². The molecule has 6 nitrogen and oxygen atoms in total. The van der Waals surface area contributed by atoms with E-state index in [1.807, 2.05) is 0 Å². The minimum absolute atomic E-state index is 0. The van der Waals surface area contributed by atoms with Crippen molar-refractivity contribution < 1.29 is 14.6 Å². The third kappa shape index (κ3) is 4.57. The molecule has 2 heterocycles. The number of carbonyl (C=O) groups is 1. The molecule has 1 fully saturated rings. The molecule has 3 N–H and O–H groups in total. The Bertz CT molecular complexity index is 402. The Labute approximate surface area is 130 Å². The highest BCUT2D eigenvalue weighted by Crippen LogP contribution is 2.16. The molecule has 0 radical (unpaired) electrons. The predicted octanol–water partition coefficient (Wildman–Crippen LogP) is 0.145. The summed E-state index contributed by atoms with van der Waals surface area (Å²) in [6, 6.07) is 2.43. The van der Waals surface area contributed by atoms with Crippen molar-refractivity contribution in [2.75, 3.05) is 26.3 Å². The van der Waals surface area contributed by atoms with Crippen LogP contribution in [0.15, 0.2) is 24.5 Å². The first-order valence-corrected chi connectivity index (χ1v) is 5.90. The molecule has 1 aliphatic heterocycles. The van der Waals surface area contributed by atoms with Crippen LogP contribution in [0.4, 0.5) is 0 Å². The predicted molar refractivity (Wildman–Crippen MR) is 79.1 cm³/mol. The molecule has 114 valence electrons. The summed E-state index contributed by atoms with van der Waals surface area (Å²) in [5, 5.41) is 10.0. The first kappa shape index (κ1) is 19.1. The number of carbonyl (C=O) groups excluding carboxylic acids is 1. The number of nitrogens with two attached hydrogens (primary N) is 1. The van der Waals surface area contributed by atoms with Gasteiger partial charge in [-0.25, -0.2) is 0 Å². The van der Waals surface area contributed by atoms with Gasteiger partial charge in [-0.2, -0.15) is 0 Å². The maximum Gasteiger partial charge on any atom is 0.242 e. The third-order valence-electron chi connectivity index (χ3n) is 2.97. The second-order valence-corrected chi connectivity index (χ2v) is 4.19. The van der Waals surface area contributed by atoms with Gasteiger partial charge in [-0.3, -0.25) is 9.78 Å². The van der Waals surface area contributed by atoms with Gasteiger partial charge in [0.05, 0.1) is 13.2 Å². The van der Waals surface area contributed by atoms with Gasteiger partial charge < -0.3 is 20.5 Å². The second-order valence-electron chi connectivity index (χ2n) is 4.19. The van der Waals surface area contributed by atoms with Gasteiger partial charge >= 0.3 is 0 Å². The second kappa shape index (κ2) is 9.10. The number of aromatic nitrogens is 1. The Hall–Kier alpha value is -0.920. The van der Waals surface area contributed by atoms with E-state index in [0.29, 0.717) is 31.9 Å². The number of hydrogen-bond donors (Lipinski definition) is 2. The van der Waals surface area contributed by atoms with Crippen LogP contribution in [0.3, 0.4) is 0 Å². The van der Waals surface area contributed by atoms with Crippen LogP contribution < -0.4 is 5.73 Å². The van der Waals surface area contributed by atoms with Gasteiger partial charge in [-0.1, -0.05) is 6.07 Å². The van der Waals surface area contributed by atoms with E-state index in [1.165, 1.54) is 6.20 Å². The summed E-state index contributed by atoms with van der Waals surface area (Å²) in [6.07, 6.45) is 2.08. The number of rotatable bonds is 3. The molecule has 0 aliphatic carbocycles. The van der Waals surface area contributed by atoms with Crippen LogP contribution >= 0.6 is 24.8 Å². The molecule has 8 heteroatoms. The highest BCUT2D eigenvalue weighted by atomic mass is 35.5. The Morgan fingerprint density at radius 1 is 1.40 bits per heavy atom. The van der Waals surface area contributed by atoms with Gasteiger partial charge in [-0.05, 0) is 6.07 Å². The standard InChI is InChI=1S/C12H17N3O3.2ClH/c13-10(11(16)9-2-1-3-14-8-9)12(17)15-4-6-18-7-5-15;;/h1-3,8,10-11,16H,4-7,13H2;2*1H. The molecule has 1 aromatic rings. The van der Waals surface area contributed by atoms with Gasteiger partial charge in [0.25, 0.3) is 0 Å². The molecule has 0 bridgehead atoms. The number of pyridine rings is 1. The maximum absolute atomic E-state index is 12.1. The summed E-state index contributed by atoms with van der Waals surface area (Å²) in [5.41, 5.74) is 6.36. The monoisotopic (exact) mass is 323 g/mol. The van der Waals surface area contributed by atoms with Gasteiger partial charge in [0.2, 0.25) is 5.91 Å². The number of morpholine rings is 1. The first-order chi connectivity index (χ1) is 8.70. The zero-order valence-electron chi connectivity index (χ0n) is 10.8. The van der Waals surface area contributed by atoms with Gasteiger partial charge in [0.15, 0.2) is 0 Å². The Morgan fingerprint density at radius 2 is 2.05 bits per heavy atom. The van der Waals surface area contributed by atoms with E-state index < -0.39 is 12.1 Å². The van der Waals surface area contributed by atoms with Crippen molar-refractivity contribution >= 4 is 30.7 Å². The van der Waals surface area contributed by atoms with Crippen molar-refractivity contribution in [3.8, 4) is 0 Å². The van der Waals surface area contributed by atoms with Gasteiger partial charge in [0, 0.05) is 31.0 Å². The van der Waals surface area contributed by atoms with Crippen molar-refractivity contribution in [2.24, 2.45) is 5.73 Å². The number of hydrogen-bond acceptors (Lipinski definition) is 5. The molecule has 2 rings (SSSR count). The van der Waals surface area contributed by atoms with Crippen LogP contribution in [-0.2, 0) is 9.53 Å². The number of aliphatic hydroxyl groups is 1. The fourth-order valence-electron chi connectivity index (χ4n) is 1.89. The van der Waals surface area contributed by atoms with Crippen molar-refractivity contribution in [1.29, 1.82) is 0 Å². The van der Waals surface area contributed by atoms with Crippen molar-refractivity contribution in [2.45, 2.75) is 12.1 Å². The maximum atomic E-state index is 12.1. The molecule has 0 spiro atoms. The highest BCUT2D eigenvalue weighted by molar-refractivity contribution is 5.85. The molecule has 2 atom stereocenters. The minimum atomic E-state index is -1.03. The summed E-state index contributed by atoms with van der Waals surface area (Å²) in [4.78, 5) is 17.6.